The fraction of sp³-hybridized carbons (Fsp3) is 0.0185. The second-order valence-corrected chi connectivity index (χ2v) is 30.4. The summed E-state index contributed by atoms with van der Waals surface area (Å²) in [5.41, 5.74) is 31.4. The van der Waals surface area contributed by atoms with Crippen LogP contribution in [0.5, 0.6) is 0 Å². The Labute approximate surface area is 666 Å². The molecule has 0 unspecified atom stereocenters. The minimum atomic E-state index is 0.816. The molecule has 0 spiro atoms. The standard InChI is InChI=1S/C108H68N4O4/c1-3-24-78(80-26-5-13-34-93(80)111-95-36-15-7-28-82(95)83-29-8-16-37-96(83)111)76(22-1)67-44-50-71(51-45-67)109(73-54-59-103-90(64-73)85-31-10-18-40-100(85)113-103)74-55-60-105-92(65-74)87-57-48-70(63-107(87)116-105)69-49-58-98-89(62-69)84-30-9-17-38-97(84)112(98)94-35-14-6-27-81(94)79-25-4-2-23-77(79)68-46-52-72(53-47-68)110(75-56-61-104-91(66-75)86-32-11-19-41-101(86)114-104)99-39-21-43-106-108(99)88-33-12-20-42-102(88)115-106/h1-19,21-41,43-66H,20,42H2. The number of rotatable bonds is 13. The molecule has 17 aromatic carbocycles. The van der Waals surface area contributed by atoms with Crippen molar-refractivity contribution in [3.8, 4) is 67.0 Å². The van der Waals surface area contributed by atoms with Crippen LogP contribution in [0.2, 0.25) is 0 Å². The van der Waals surface area contributed by atoms with Gasteiger partial charge in [-0.2, -0.15) is 0 Å². The first-order valence-electron chi connectivity index (χ1n) is 39.7. The third-order valence-corrected chi connectivity index (χ3v) is 24.0. The van der Waals surface area contributed by atoms with Crippen molar-refractivity contribution in [1.29, 1.82) is 0 Å². The lowest BCUT2D eigenvalue weighted by atomic mass is 9.93. The summed E-state index contributed by atoms with van der Waals surface area (Å²) in [4.78, 5) is 4.74. The Balaban J connectivity index is 0.572. The van der Waals surface area contributed by atoms with E-state index in [-0.39, 0.29) is 0 Å². The summed E-state index contributed by atoms with van der Waals surface area (Å²) >= 11 is 0. The Kier molecular flexibility index (Phi) is 14.7. The van der Waals surface area contributed by atoms with Crippen LogP contribution in [0.15, 0.2) is 400 Å². The molecule has 24 rings (SSSR count). The molecule has 23 aromatic rings. The highest BCUT2D eigenvalue weighted by molar-refractivity contribution is 6.15. The van der Waals surface area contributed by atoms with Gasteiger partial charge < -0.3 is 36.6 Å². The molecule has 544 valence electrons. The van der Waals surface area contributed by atoms with Crippen LogP contribution >= 0.6 is 0 Å². The zero-order valence-corrected chi connectivity index (χ0v) is 62.8. The lowest BCUT2D eigenvalue weighted by Crippen LogP contribution is -2.10. The summed E-state index contributed by atoms with van der Waals surface area (Å²) in [5, 5.41) is 12.3. The molecule has 0 N–H and O–H groups in total. The Morgan fingerprint density at radius 3 is 1.17 bits per heavy atom. The van der Waals surface area contributed by atoms with Gasteiger partial charge in [-0.1, -0.05) is 231 Å². The maximum absolute atomic E-state index is 6.92. The molecule has 1 aliphatic carbocycles. The van der Waals surface area contributed by atoms with Crippen LogP contribution in [0.25, 0.3) is 193 Å². The van der Waals surface area contributed by atoms with E-state index >= 15 is 0 Å². The molecular weight excluding hydrogens is 1420 g/mol. The summed E-state index contributed by atoms with van der Waals surface area (Å²) in [5.74, 6) is 1.03. The van der Waals surface area contributed by atoms with Gasteiger partial charge in [-0.25, -0.2) is 0 Å². The monoisotopic (exact) mass is 1480 g/mol. The predicted molar refractivity (Wildman–Crippen MR) is 481 cm³/mol. The normalized spacial score (nSPS) is 12.4. The SMILES string of the molecule is C1=Cc2c(oc3cccc(N(c4ccc(-c5ccccc5-c5ccccc5-n5c6ccccc6c6cc(-c7ccc8c(c7)oc7ccc(N(c9ccc(-c%10ccccc%10-c%10ccccc%10-n%10c%11ccccc%11c%11ccccc%11%10)cc9)c9ccc%10oc%11ccccc%11c%10c9)cc78)ccc65)cc4)c4ccc5oc6ccccc6c5c4)c23)CC1. The van der Waals surface area contributed by atoms with Crippen molar-refractivity contribution in [2.24, 2.45) is 0 Å². The molecule has 8 heteroatoms. The quantitative estimate of drug-likeness (QED) is 0.115. The van der Waals surface area contributed by atoms with Crippen LogP contribution in [-0.4, -0.2) is 9.13 Å². The van der Waals surface area contributed by atoms with Crippen molar-refractivity contribution in [2.75, 3.05) is 9.80 Å². The molecular formula is C108H68N4O4. The summed E-state index contributed by atoms with van der Waals surface area (Å²) < 4.78 is 31.2. The van der Waals surface area contributed by atoms with Gasteiger partial charge in [-0.05, 0) is 209 Å². The molecule has 0 saturated carbocycles. The molecule has 116 heavy (non-hydrogen) atoms. The topological polar surface area (TPSA) is 68.9 Å². The predicted octanol–water partition coefficient (Wildman–Crippen LogP) is 30.6. The van der Waals surface area contributed by atoms with Gasteiger partial charge >= 0.3 is 0 Å². The maximum Gasteiger partial charge on any atom is 0.137 e. The van der Waals surface area contributed by atoms with E-state index in [1.54, 1.807) is 0 Å². The van der Waals surface area contributed by atoms with Crippen molar-refractivity contribution < 1.29 is 17.7 Å². The van der Waals surface area contributed by atoms with E-state index < -0.39 is 0 Å². The van der Waals surface area contributed by atoms with Crippen LogP contribution < -0.4 is 9.80 Å². The largest absolute Gasteiger partial charge is 0.460 e. The highest BCUT2D eigenvalue weighted by Crippen LogP contribution is 2.50. The molecule has 8 nitrogen and oxygen atoms in total. The summed E-state index contributed by atoms with van der Waals surface area (Å²) in [6, 6.07) is 136. The van der Waals surface area contributed by atoms with Gasteiger partial charge in [0.25, 0.3) is 0 Å². The Morgan fingerprint density at radius 1 is 0.233 bits per heavy atom. The van der Waals surface area contributed by atoms with E-state index in [1.807, 2.05) is 24.3 Å². The van der Waals surface area contributed by atoms with Crippen LogP contribution in [0.1, 0.15) is 17.7 Å². The molecule has 0 bridgehead atoms. The molecule has 0 saturated heterocycles. The molecule has 0 amide bonds. The highest BCUT2D eigenvalue weighted by Gasteiger charge is 2.27. The number of furan rings is 4. The molecule has 0 aliphatic heterocycles. The molecule has 1 aliphatic rings. The van der Waals surface area contributed by atoms with Crippen LogP contribution in [0.4, 0.5) is 34.1 Å². The van der Waals surface area contributed by atoms with E-state index in [1.165, 1.54) is 27.2 Å². The van der Waals surface area contributed by atoms with Crippen molar-refractivity contribution in [1.82, 2.24) is 9.13 Å². The van der Waals surface area contributed by atoms with Crippen LogP contribution in [0.3, 0.4) is 0 Å². The number of aryl methyl sites for hydroxylation is 1. The summed E-state index contributed by atoms with van der Waals surface area (Å²) in [6.45, 7) is 0. The summed E-state index contributed by atoms with van der Waals surface area (Å²) in [6.07, 6.45) is 6.34. The number of allylic oxidation sites excluding steroid dienone is 1. The van der Waals surface area contributed by atoms with Gasteiger partial charge in [0, 0.05) is 105 Å². The molecule has 0 radical (unpaired) electrons. The van der Waals surface area contributed by atoms with Gasteiger partial charge in [0.2, 0.25) is 0 Å². The van der Waals surface area contributed by atoms with E-state index in [4.69, 9.17) is 17.7 Å². The minimum Gasteiger partial charge on any atom is -0.460 e. The van der Waals surface area contributed by atoms with E-state index in [0.29, 0.717) is 0 Å². The van der Waals surface area contributed by atoms with Gasteiger partial charge in [-0.15, -0.1) is 0 Å². The lowest BCUT2D eigenvalue weighted by molar-refractivity contribution is 0.546. The van der Waals surface area contributed by atoms with Crippen molar-refractivity contribution in [2.45, 2.75) is 12.8 Å². The first kappa shape index (κ1) is 65.3. The van der Waals surface area contributed by atoms with Gasteiger partial charge in [0.05, 0.1) is 44.5 Å². The Hall–Kier alpha value is -15.4. The smallest absolute Gasteiger partial charge is 0.137 e. The van der Waals surface area contributed by atoms with Crippen LogP contribution in [-0.2, 0) is 6.42 Å². The number of hydrogen-bond donors (Lipinski definition) is 0. The van der Waals surface area contributed by atoms with Gasteiger partial charge in [-0.3, -0.25) is 0 Å². The molecule has 6 heterocycles. The lowest BCUT2D eigenvalue weighted by Gasteiger charge is -2.27. The molecule has 0 fully saturated rings. The van der Waals surface area contributed by atoms with Gasteiger partial charge in [0.1, 0.15) is 44.8 Å². The Morgan fingerprint density at radius 2 is 0.621 bits per heavy atom. The molecule has 6 aromatic heterocycles. The van der Waals surface area contributed by atoms with Gasteiger partial charge in [0.15, 0.2) is 0 Å². The Bertz CT molecular complexity index is 7940. The van der Waals surface area contributed by atoms with E-state index in [2.05, 4.69) is 383 Å². The zero-order valence-electron chi connectivity index (χ0n) is 62.8. The average Bonchev–Trinajstić information content (AvgIpc) is 1.81. The number of para-hydroxylation sites is 7. The number of anilines is 6. The second kappa shape index (κ2) is 26.1. The molecule has 0 atom stereocenters. The third kappa shape index (κ3) is 10.3. The van der Waals surface area contributed by atoms with E-state index in [0.717, 1.165) is 219 Å². The fourth-order valence-electron chi connectivity index (χ4n) is 18.7. The zero-order chi connectivity index (χ0) is 76.1. The fourth-order valence-corrected chi connectivity index (χ4v) is 18.7. The van der Waals surface area contributed by atoms with Crippen LogP contribution in [0, 0.1) is 0 Å². The summed E-state index contributed by atoms with van der Waals surface area (Å²) in [7, 11) is 0. The maximum atomic E-state index is 6.92. The first-order valence-corrected chi connectivity index (χ1v) is 39.7. The first-order chi connectivity index (χ1) is 57.5. The number of fused-ring (bicyclic) bond motifs is 18. The number of nitrogens with zero attached hydrogens (tertiary/aromatic N) is 4. The number of hydrogen-bond acceptors (Lipinski definition) is 6. The van der Waals surface area contributed by atoms with E-state index in [9.17, 15) is 0 Å². The average molecular weight is 1490 g/mol. The number of aromatic nitrogens is 2. The highest BCUT2D eigenvalue weighted by atomic mass is 16.3. The third-order valence-electron chi connectivity index (χ3n) is 24.0. The van der Waals surface area contributed by atoms with Crippen molar-refractivity contribution in [3.05, 3.63) is 394 Å². The number of benzene rings is 17. The second-order valence-electron chi connectivity index (χ2n) is 30.4. The minimum absolute atomic E-state index is 0.816. The van der Waals surface area contributed by atoms with Crippen molar-refractivity contribution in [3.63, 3.8) is 0 Å². The van der Waals surface area contributed by atoms with Crippen molar-refractivity contribution >= 4 is 161 Å².